The van der Waals surface area contributed by atoms with Gasteiger partial charge in [-0.25, -0.2) is 0 Å². The summed E-state index contributed by atoms with van der Waals surface area (Å²) in [6, 6.07) is -0.528. The molecule has 54 heavy (non-hydrogen) atoms. The molecule has 3 N–H and O–H groups in total. The third-order valence-corrected chi connectivity index (χ3v) is 12.1. The zero-order valence-corrected chi connectivity index (χ0v) is 37.3. The van der Waals surface area contributed by atoms with Gasteiger partial charge < -0.3 is 15.5 Å². The van der Waals surface area contributed by atoms with Gasteiger partial charge in [-0.05, 0) is 12.8 Å². The van der Waals surface area contributed by atoms with Crippen LogP contribution in [0.1, 0.15) is 296 Å². The fourth-order valence-electron chi connectivity index (χ4n) is 8.25. The highest BCUT2D eigenvalue weighted by Crippen LogP contribution is 2.18. The van der Waals surface area contributed by atoms with Gasteiger partial charge in [-0.1, -0.05) is 277 Å². The number of nitrogens with one attached hydrogen (secondary N) is 1. The molecule has 0 aliphatic rings. The molecule has 4 nitrogen and oxygen atoms in total. The Morgan fingerprint density at radius 1 is 0.370 bits per heavy atom. The highest BCUT2D eigenvalue weighted by molar-refractivity contribution is 5.76. The van der Waals surface area contributed by atoms with Gasteiger partial charge in [0.2, 0.25) is 5.91 Å². The van der Waals surface area contributed by atoms with E-state index in [1.165, 1.54) is 244 Å². The van der Waals surface area contributed by atoms with Crippen LogP contribution in [-0.4, -0.2) is 34.9 Å². The van der Waals surface area contributed by atoms with Gasteiger partial charge in [-0.2, -0.15) is 0 Å². The molecule has 0 fully saturated rings. The van der Waals surface area contributed by atoms with Crippen LogP contribution in [0.5, 0.6) is 0 Å². The van der Waals surface area contributed by atoms with E-state index in [1.54, 1.807) is 0 Å². The van der Waals surface area contributed by atoms with Crippen LogP contribution in [0.25, 0.3) is 0 Å². The molecule has 0 spiro atoms. The van der Waals surface area contributed by atoms with Gasteiger partial charge in [-0.15, -0.1) is 0 Å². The normalized spacial score (nSPS) is 12.7. The van der Waals surface area contributed by atoms with Gasteiger partial charge >= 0.3 is 0 Å². The zero-order valence-electron chi connectivity index (χ0n) is 37.3. The van der Waals surface area contributed by atoms with Crippen molar-refractivity contribution < 1.29 is 15.0 Å². The quantitative estimate of drug-likeness (QED) is 0.0541. The number of rotatable bonds is 47. The molecule has 0 aromatic rings. The highest BCUT2D eigenvalue weighted by atomic mass is 16.3. The summed E-state index contributed by atoms with van der Waals surface area (Å²) in [5.41, 5.74) is 0. The first-order valence-electron chi connectivity index (χ1n) is 25.2. The lowest BCUT2D eigenvalue weighted by atomic mass is 10.0. The Balaban J connectivity index is 3.29. The van der Waals surface area contributed by atoms with E-state index in [4.69, 9.17) is 0 Å². The molecule has 2 atom stereocenters. The van der Waals surface area contributed by atoms with Crippen molar-refractivity contribution in [2.24, 2.45) is 0 Å². The van der Waals surface area contributed by atoms with Crippen LogP contribution in [0.4, 0.5) is 0 Å². The minimum absolute atomic E-state index is 0.0279. The average Bonchev–Trinajstić information content (AvgIpc) is 3.18. The van der Waals surface area contributed by atoms with Crippen LogP contribution in [0.3, 0.4) is 0 Å². The van der Waals surface area contributed by atoms with Crippen LogP contribution in [0.2, 0.25) is 0 Å². The highest BCUT2D eigenvalue weighted by Gasteiger charge is 2.20. The molecule has 0 bridgehead atoms. The SMILES string of the molecule is CCCCCCCCCCCCCCCCCCCCCCCCCCCCCCCCCCCCC(=O)NC(CO)C(O)CCCCCCCCCC. The number of hydrogen-bond donors (Lipinski definition) is 3. The van der Waals surface area contributed by atoms with E-state index in [1.807, 2.05) is 0 Å². The number of aliphatic hydroxyl groups is 2. The second kappa shape index (κ2) is 46.8. The first-order chi connectivity index (χ1) is 26.7. The van der Waals surface area contributed by atoms with Crippen molar-refractivity contribution >= 4 is 5.91 Å². The average molecular weight is 764 g/mol. The molecule has 2 unspecified atom stereocenters. The monoisotopic (exact) mass is 764 g/mol. The molecule has 0 aliphatic heterocycles. The van der Waals surface area contributed by atoms with Gasteiger partial charge in [-0.3, -0.25) is 4.79 Å². The fourth-order valence-corrected chi connectivity index (χ4v) is 8.25. The standard InChI is InChI=1S/C50H101NO3/c1-3-5-7-9-11-13-14-15-16-17-18-19-20-21-22-23-24-25-26-27-28-29-30-31-32-33-34-35-36-37-38-40-42-44-46-50(54)51-48(47-52)49(53)45-43-41-39-12-10-8-6-4-2/h48-49,52-53H,3-47H2,1-2H3,(H,51,54). The van der Waals surface area contributed by atoms with Crippen LogP contribution in [-0.2, 0) is 4.79 Å². The maximum absolute atomic E-state index is 12.4. The van der Waals surface area contributed by atoms with Crippen molar-refractivity contribution in [3.8, 4) is 0 Å². The summed E-state index contributed by atoms with van der Waals surface area (Å²) in [5, 5.41) is 23.0. The smallest absolute Gasteiger partial charge is 0.220 e. The summed E-state index contributed by atoms with van der Waals surface area (Å²) in [4.78, 5) is 12.4. The number of carbonyl (C=O) groups is 1. The minimum Gasteiger partial charge on any atom is -0.394 e. The van der Waals surface area contributed by atoms with Gasteiger partial charge in [0.05, 0.1) is 18.8 Å². The number of hydrogen-bond acceptors (Lipinski definition) is 3. The minimum atomic E-state index is -0.651. The number of aliphatic hydroxyl groups excluding tert-OH is 2. The largest absolute Gasteiger partial charge is 0.394 e. The van der Waals surface area contributed by atoms with E-state index < -0.39 is 12.1 Å². The molecule has 0 rings (SSSR count). The second-order valence-corrected chi connectivity index (χ2v) is 17.6. The molecule has 324 valence electrons. The first-order valence-corrected chi connectivity index (χ1v) is 25.2. The van der Waals surface area contributed by atoms with Gasteiger partial charge in [0.1, 0.15) is 0 Å². The van der Waals surface area contributed by atoms with E-state index in [2.05, 4.69) is 19.2 Å². The Labute approximate surface area is 340 Å². The number of amides is 1. The summed E-state index contributed by atoms with van der Waals surface area (Å²) >= 11 is 0. The third kappa shape index (κ3) is 42.5. The zero-order chi connectivity index (χ0) is 39.3. The van der Waals surface area contributed by atoms with E-state index >= 15 is 0 Å². The number of unbranched alkanes of at least 4 members (excludes halogenated alkanes) is 40. The lowest BCUT2D eigenvalue weighted by molar-refractivity contribution is -0.123. The molecule has 1 amide bonds. The maximum Gasteiger partial charge on any atom is 0.220 e. The molecule has 0 aromatic heterocycles. The summed E-state index contributed by atoms with van der Waals surface area (Å²) in [6.45, 7) is 4.35. The lowest BCUT2D eigenvalue weighted by Gasteiger charge is -2.22. The van der Waals surface area contributed by atoms with Gasteiger partial charge in [0.15, 0.2) is 0 Å². The molecule has 0 radical (unpaired) electrons. The predicted molar refractivity (Wildman–Crippen MR) is 240 cm³/mol. The molecular formula is C50H101NO3. The first kappa shape index (κ1) is 53.4. The molecule has 0 saturated heterocycles. The van der Waals surface area contributed by atoms with Crippen molar-refractivity contribution in [1.82, 2.24) is 5.32 Å². The fraction of sp³-hybridized carbons (Fsp3) is 0.980. The summed E-state index contributed by atoms with van der Waals surface area (Å²) in [5.74, 6) is -0.0279. The second-order valence-electron chi connectivity index (χ2n) is 17.6. The van der Waals surface area contributed by atoms with Crippen LogP contribution in [0.15, 0.2) is 0 Å². The maximum atomic E-state index is 12.4. The van der Waals surface area contributed by atoms with Crippen molar-refractivity contribution in [3.63, 3.8) is 0 Å². The Morgan fingerprint density at radius 2 is 0.593 bits per heavy atom. The lowest BCUT2D eigenvalue weighted by Crippen LogP contribution is -2.45. The molecular weight excluding hydrogens is 663 g/mol. The summed E-state index contributed by atoms with van der Waals surface area (Å²) in [7, 11) is 0. The topological polar surface area (TPSA) is 69.6 Å². The molecule has 0 saturated carbocycles. The van der Waals surface area contributed by atoms with E-state index in [-0.39, 0.29) is 12.5 Å². The Morgan fingerprint density at radius 3 is 0.833 bits per heavy atom. The van der Waals surface area contributed by atoms with Crippen molar-refractivity contribution in [1.29, 1.82) is 0 Å². The predicted octanol–water partition coefficient (Wildman–Crippen LogP) is 16.0. The number of carbonyl (C=O) groups excluding carboxylic acids is 1. The molecule has 0 aromatic carbocycles. The van der Waals surface area contributed by atoms with Crippen molar-refractivity contribution in [2.75, 3.05) is 6.61 Å². The van der Waals surface area contributed by atoms with Crippen LogP contribution in [0, 0.1) is 0 Å². The van der Waals surface area contributed by atoms with Crippen LogP contribution < -0.4 is 5.32 Å². The van der Waals surface area contributed by atoms with Gasteiger partial charge in [0, 0.05) is 6.42 Å². The third-order valence-electron chi connectivity index (χ3n) is 12.1. The Bertz CT molecular complexity index is 699. The van der Waals surface area contributed by atoms with E-state index in [9.17, 15) is 15.0 Å². The molecule has 0 heterocycles. The Kier molecular flexibility index (Phi) is 46.2. The van der Waals surface area contributed by atoms with Gasteiger partial charge in [0.25, 0.3) is 0 Å². The Hall–Kier alpha value is -0.610. The summed E-state index contributed by atoms with van der Waals surface area (Å²) < 4.78 is 0. The summed E-state index contributed by atoms with van der Waals surface area (Å²) in [6.07, 6.45) is 58.2. The van der Waals surface area contributed by atoms with Crippen molar-refractivity contribution in [2.45, 2.75) is 309 Å². The van der Waals surface area contributed by atoms with Crippen molar-refractivity contribution in [3.05, 3.63) is 0 Å². The molecule has 4 heteroatoms. The molecule has 0 aliphatic carbocycles. The van der Waals surface area contributed by atoms with E-state index in [0.29, 0.717) is 12.8 Å². The van der Waals surface area contributed by atoms with E-state index in [0.717, 1.165) is 25.7 Å². The van der Waals surface area contributed by atoms with Crippen LogP contribution >= 0.6 is 0 Å².